The molecule has 5 fully saturated rings. The van der Waals surface area contributed by atoms with E-state index < -0.39 is 0 Å². The minimum absolute atomic E-state index is 1.01. The second-order valence-electron chi connectivity index (χ2n) is 12.9. The average molecular weight is 449 g/mol. The van der Waals surface area contributed by atoms with Gasteiger partial charge < -0.3 is 0 Å². The zero-order valence-electron chi connectivity index (χ0n) is 23.6. The number of hydrogen-bond acceptors (Lipinski definition) is 0. The van der Waals surface area contributed by atoms with Crippen molar-refractivity contribution in [3.8, 4) is 0 Å². The van der Waals surface area contributed by atoms with Gasteiger partial charge in [0.2, 0.25) is 0 Å². The maximum Gasteiger partial charge on any atom is -0.0443 e. The molecule has 5 saturated carbocycles. The van der Waals surface area contributed by atoms with Crippen LogP contribution in [0.3, 0.4) is 0 Å². The Morgan fingerprint density at radius 2 is 0.406 bits per heavy atom. The van der Waals surface area contributed by atoms with E-state index >= 15 is 0 Å². The first kappa shape index (κ1) is 30.0. The molecule has 5 aliphatic rings. The van der Waals surface area contributed by atoms with Crippen LogP contribution in [0, 0.1) is 35.5 Å². The van der Waals surface area contributed by atoms with E-state index in [1.807, 2.05) is 0 Å². The van der Waals surface area contributed by atoms with Crippen molar-refractivity contribution in [1.82, 2.24) is 0 Å². The van der Waals surface area contributed by atoms with Gasteiger partial charge >= 0.3 is 0 Å². The molecular formula is C32H64. The van der Waals surface area contributed by atoms with Crippen LogP contribution in [0.4, 0.5) is 0 Å². The molecule has 0 heteroatoms. The number of rotatable bonds is 0. The van der Waals surface area contributed by atoms with Gasteiger partial charge in [-0.1, -0.05) is 170 Å². The van der Waals surface area contributed by atoms with Gasteiger partial charge in [0.15, 0.2) is 0 Å². The minimum Gasteiger partial charge on any atom is -0.0625 e. The maximum absolute atomic E-state index is 2.39. The van der Waals surface area contributed by atoms with Gasteiger partial charge in [0.05, 0.1) is 0 Å². The van der Waals surface area contributed by atoms with E-state index in [1.165, 1.54) is 128 Å². The fraction of sp³-hybridized carbons (Fsp3) is 1.00. The lowest BCUT2D eigenvalue weighted by molar-refractivity contribution is 0.346. The SMILES string of the molecule is CC1CCC1.CC1CCC1.CC1CCC1.CC1CCCC(C)CC1.CC1CCCCCC1. The van der Waals surface area contributed by atoms with Crippen molar-refractivity contribution in [3.63, 3.8) is 0 Å². The van der Waals surface area contributed by atoms with Gasteiger partial charge in [-0.3, -0.25) is 0 Å². The van der Waals surface area contributed by atoms with Crippen molar-refractivity contribution >= 4 is 0 Å². The molecule has 0 aromatic heterocycles. The second kappa shape index (κ2) is 19.3. The van der Waals surface area contributed by atoms with Crippen molar-refractivity contribution in [3.05, 3.63) is 0 Å². The zero-order chi connectivity index (χ0) is 23.6. The molecule has 0 heterocycles. The Hall–Kier alpha value is 0. The van der Waals surface area contributed by atoms with Crippen molar-refractivity contribution in [2.75, 3.05) is 0 Å². The molecule has 0 radical (unpaired) electrons. The van der Waals surface area contributed by atoms with Crippen LogP contribution in [0.15, 0.2) is 0 Å². The highest BCUT2D eigenvalue weighted by Gasteiger charge is 2.12. The second-order valence-corrected chi connectivity index (χ2v) is 12.9. The molecule has 0 N–H and O–H groups in total. The molecule has 0 aliphatic heterocycles. The average Bonchev–Trinajstić information content (AvgIpc) is 3.07. The zero-order valence-corrected chi connectivity index (χ0v) is 23.6. The topological polar surface area (TPSA) is 0 Å². The molecule has 5 aliphatic carbocycles. The predicted molar refractivity (Wildman–Crippen MR) is 147 cm³/mol. The van der Waals surface area contributed by atoms with Crippen LogP contribution in [0.1, 0.15) is 170 Å². The highest BCUT2D eigenvalue weighted by molar-refractivity contribution is 4.65. The Morgan fingerprint density at radius 3 is 0.656 bits per heavy atom. The summed E-state index contributed by atoms with van der Waals surface area (Å²) in [5.74, 6) is 6.24. The molecule has 0 aromatic rings. The highest BCUT2D eigenvalue weighted by Crippen LogP contribution is 2.27. The third-order valence-corrected chi connectivity index (χ3v) is 8.87. The Labute approximate surface area is 205 Å². The van der Waals surface area contributed by atoms with Crippen LogP contribution in [0.5, 0.6) is 0 Å². The monoisotopic (exact) mass is 449 g/mol. The van der Waals surface area contributed by atoms with Crippen molar-refractivity contribution in [1.29, 1.82) is 0 Å². The number of hydrogen-bond donors (Lipinski definition) is 0. The van der Waals surface area contributed by atoms with Crippen LogP contribution in [0.25, 0.3) is 0 Å². The van der Waals surface area contributed by atoms with E-state index in [2.05, 4.69) is 41.5 Å². The summed E-state index contributed by atoms with van der Waals surface area (Å²) in [7, 11) is 0. The molecule has 0 nitrogen and oxygen atoms in total. The van der Waals surface area contributed by atoms with Gasteiger partial charge in [-0.15, -0.1) is 0 Å². The summed E-state index contributed by atoms with van der Waals surface area (Å²) >= 11 is 0. The lowest BCUT2D eigenvalue weighted by atomic mass is 9.88. The first-order chi connectivity index (χ1) is 15.4. The van der Waals surface area contributed by atoms with E-state index in [9.17, 15) is 0 Å². The van der Waals surface area contributed by atoms with Gasteiger partial charge in [-0.2, -0.15) is 0 Å². The lowest BCUT2D eigenvalue weighted by Gasteiger charge is -2.18. The molecule has 2 unspecified atom stereocenters. The van der Waals surface area contributed by atoms with Crippen molar-refractivity contribution < 1.29 is 0 Å². The molecule has 0 saturated heterocycles. The molecule has 0 amide bonds. The smallest absolute Gasteiger partial charge is 0.0443 e. The van der Waals surface area contributed by atoms with E-state index in [0.717, 1.165) is 35.5 Å². The third kappa shape index (κ3) is 17.5. The minimum atomic E-state index is 1.01. The lowest BCUT2D eigenvalue weighted by Crippen LogP contribution is -2.04. The Balaban J connectivity index is 0.000000205. The van der Waals surface area contributed by atoms with Crippen molar-refractivity contribution in [2.24, 2.45) is 35.5 Å². The summed E-state index contributed by atoms with van der Waals surface area (Å²) in [6.45, 7) is 14.1. The van der Waals surface area contributed by atoms with Crippen LogP contribution in [0.2, 0.25) is 0 Å². The summed E-state index contributed by atoms with van der Waals surface area (Å²) in [6.07, 6.45) is 29.7. The normalized spacial score (nSPS) is 29.1. The Morgan fingerprint density at radius 1 is 0.219 bits per heavy atom. The summed E-state index contributed by atoms with van der Waals surface area (Å²) in [6, 6.07) is 0. The molecule has 0 aromatic carbocycles. The predicted octanol–water partition coefficient (Wildman–Crippen LogP) is 11.6. The van der Waals surface area contributed by atoms with E-state index in [4.69, 9.17) is 0 Å². The van der Waals surface area contributed by atoms with Crippen LogP contribution in [-0.4, -0.2) is 0 Å². The summed E-state index contributed by atoms with van der Waals surface area (Å²) in [4.78, 5) is 0. The van der Waals surface area contributed by atoms with Gasteiger partial charge in [-0.25, -0.2) is 0 Å². The quantitative estimate of drug-likeness (QED) is 0.323. The summed E-state index contributed by atoms with van der Waals surface area (Å²) in [5.41, 5.74) is 0. The standard InChI is InChI=1S/C9H18.C8H16.3C5H10/c1-8-4-3-5-9(2)7-6-8;1-8-6-4-2-3-5-7-8;3*1-5-3-2-4-5/h8-9H,3-7H2,1-2H3;8H,2-7H2,1H3;3*5H,2-4H2,1H3. The van der Waals surface area contributed by atoms with E-state index in [0.29, 0.717) is 0 Å². The molecular weight excluding hydrogens is 384 g/mol. The third-order valence-electron chi connectivity index (χ3n) is 8.87. The highest BCUT2D eigenvalue weighted by atomic mass is 14.2. The molecule has 0 spiro atoms. The van der Waals surface area contributed by atoms with Gasteiger partial charge in [-0.05, 0) is 35.5 Å². The first-order valence-corrected chi connectivity index (χ1v) is 15.4. The summed E-state index contributed by atoms with van der Waals surface area (Å²) < 4.78 is 0. The van der Waals surface area contributed by atoms with Crippen molar-refractivity contribution in [2.45, 2.75) is 170 Å². The summed E-state index contributed by atoms with van der Waals surface area (Å²) in [5, 5.41) is 0. The van der Waals surface area contributed by atoms with Crippen LogP contribution in [-0.2, 0) is 0 Å². The fourth-order valence-corrected chi connectivity index (χ4v) is 4.99. The fourth-order valence-electron chi connectivity index (χ4n) is 4.99. The van der Waals surface area contributed by atoms with Gasteiger partial charge in [0.25, 0.3) is 0 Å². The first-order valence-electron chi connectivity index (χ1n) is 15.4. The van der Waals surface area contributed by atoms with Crippen LogP contribution < -0.4 is 0 Å². The molecule has 32 heavy (non-hydrogen) atoms. The Bertz CT molecular complexity index is 340. The largest absolute Gasteiger partial charge is 0.0625 e. The molecule has 192 valence electrons. The maximum atomic E-state index is 2.39. The van der Waals surface area contributed by atoms with E-state index in [-0.39, 0.29) is 0 Å². The Kier molecular flexibility index (Phi) is 18.1. The van der Waals surface area contributed by atoms with Gasteiger partial charge in [0, 0.05) is 0 Å². The van der Waals surface area contributed by atoms with Gasteiger partial charge in [0.1, 0.15) is 0 Å². The molecule has 2 atom stereocenters. The van der Waals surface area contributed by atoms with Crippen LogP contribution >= 0.6 is 0 Å². The molecule has 0 bridgehead atoms. The molecule has 5 rings (SSSR count). The van der Waals surface area contributed by atoms with E-state index in [1.54, 1.807) is 0 Å².